The van der Waals surface area contributed by atoms with Gasteiger partial charge in [0.1, 0.15) is 5.82 Å². The molecule has 0 heterocycles. The third kappa shape index (κ3) is 4.22. The highest BCUT2D eigenvalue weighted by atomic mass is 19.1. The van der Waals surface area contributed by atoms with Crippen molar-refractivity contribution in [1.82, 2.24) is 4.90 Å². The van der Waals surface area contributed by atoms with Gasteiger partial charge in [-0.2, -0.15) is 0 Å². The monoisotopic (exact) mass is 251 g/mol. The standard InChI is InChI=1S/C15H22FNO/c1-4-14(5-2)17(3)11-10-15(18)12-6-8-13(16)9-7-12/h6-9,14H,4-5,10-11H2,1-3H3. The number of nitrogens with zero attached hydrogens (tertiary/aromatic N) is 1. The number of ketones is 1. The van der Waals surface area contributed by atoms with Gasteiger partial charge in [-0.05, 0) is 44.2 Å². The predicted octanol–water partition coefficient (Wildman–Crippen LogP) is 3.52. The Bertz CT molecular complexity index is 371. The van der Waals surface area contributed by atoms with Crippen molar-refractivity contribution in [3.63, 3.8) is 0 Å². The molecule has 0 unspecified atom stereocenters. The minimum atomic E-state index is -0.305. The van der Waals surface area contributed by atoms with Crippen LogP contribution in [0.4, 0.5) is 4.39 Å². The van der Waals surface area contributed by atoms with Gasteiger partial charge >= 0.3 is 0 Å². The SMILES string of the molecule is CCC(CC)N(C)CCC(=O)c1ccc(F)cc1. The van der Waals surface area contributed by atoms with E-state index in [0.29, 0.717) is 18.0 Å². The molecule has 0 N–H and O–H groups in total. The molecule has 100 valence electrons. The largest absolute Gasteiger partial charge is 0.303 e. The number of hydrogen-bond acceptors (Lipinski definition) is 2. The zero-order valence-corrected chi connectivity index (χ0v) is 11.4. The van der Waals surface area contributed by atoms with Crippen LogP contribution in [0, 0.1) is 5.82 Å². The molecule has 0 amide bonds. The summed E-state index contributed by atoms with van der Waals surface area (Å²) in [5.41, 5.74) is 0.592. The van der Waals surface area contributed by atoms with Crippen LogP contribution >= 0.6 is 0 Å². The van der Waals surface area contributed by atoms with Gasteiger partial charge in [-0.25, -0.2) is 4.39 Å². The first-order chi connectivity index (χ1) is 8.58. The molecule has 1 aromatic carbocycles. The second-order valence-electron chi connectivity index (χ2n) is 4.63. The summed E-state index contributed by atoms with van der Waals surface area (Å²) in [7, 11) is 2.05. The first-order valence-electron chi connectivity index (χ1n) is 6.57. The average Bonchev–Trinajstić information content (AvgIpc) is 2.38. The summed E-state index contributed by atoms with van der Waals surface area (Å²) in [5.74, 6) is -0.228. The van der Waals surface area contributed by atoms with Gasteiger partial charge in [-0.1, -0.05) is 13.8 Å². The molecular weight excluding hydrogens is 229 g/mol. The lowest BCUT2D eigenvalue weighted by atomic mass is 10.1. The third-order valence-corrected chi connectivity index (χ3v) is 3.42. The van der Waals surface area contributed by atoms with Gasteiger partial charge in [0, 0.05) is 24.6 Å². The fraction of sp³-hybridized carbons (Fsp3) is 0.533. The van der Waals surface area contributed by atoms with Crippen molar-refractivity contribution in [3.8, 4) is 0 Å². The number of carbonyl (C=O) groups is 1. The van der Waals surface area contributed by atoms with Crippen molar-refractivity contribution in [2.75, 3.05) is 13.6 Å². The first kappa shape index (κ1) is 14.8. The summed E-state index contributed by atoms with van der Waals surface area (Å²) in [6, 6.07) is 6.30. The van der Waals surface area contributed by atoms with Crippen LogP contribution in [0.5, 0.6) is 0 Å². The number of rotatable bonds is 7. The van der Waals surface area contributed by atoms with E-state index in [4.69, 9.17) is 0 Å². The predicted molar refractivity (Wildman–Crippen MR) is 72.3 cm³/mol. The van der Waals surface area contributed by atoms with Crippen molar-refractivity contribution in [1.29, 1.82) is 0 Å². The molecule has 0 saturated heterocycles. The summed E-state index contributed by atoms with van der Waals surface area (Å²) < 4.78 is 12.7. The Morgan fingerprint density at radius 1 is 1.22 bits per heavy atom. The zero-order chi connectivity index (χ0) is 13.5. The maximum Gasteiger partial charge on any atom is 0.164 e. The molecule has 0 spiro atoms. The number of hydrogen-bond donors (Lipinski definition) is 0. The van der Waals surface area contributed by atoms with Crippen LogP contribution in [-0.2, 0) is 0 Å². The van der Waals surface area contributed by atoms with Gasteiger partial charge in [-0.3, -0.25) is 4.79 Å². The fourth-order valence-electron chi connectivity index (χ4n) is 2.15. The molecule has 18 heavy (non-hydrogen) atoms. The number of benzene rings is 1. The molecule has 0 bridgehead atoms. The smallest absolute Gasteiger partial charge is 0.164 e. The molecule has 0 aliphatic rings. The van der Waals surface area contributed by atoms with E-state index < -0.39 is 0 Å². The van der Waals surface area contributed by atoms with E-state index in [-0.39, 0.29) is 11.6 Å². The lowest BCUT2D eigenvalue weighted by Gasteiger charge is -2.25. The van der Waals surface area contributed by atoms with Crippen molar-refractivity contribution in [2.45, 2.75) is 39.2 Å². The fourth-order valence-corrected chi connectivity index (χ4v) is 2.15. The molecule has 0 saturated carbocycles. The highest BCUT2D eigenvalue weighted by Crippen LogP contribution is 2.09. The summed E-state index contributed by atoms with van der Waals surface area (Å²) in [4.78, 5) is 14.1. The topological polar surface area (TPSA) is 20.3 Å². The maximum absolute atomic E-state index is 12.7. The summed E-state index contributed by atoms with van der Waals surface area (Å²) in [5, 5.41) is 0. The Kier molecular flexibility index (Phi) is 5.99. The van der Waals surface area contributed by atoms with E-state index in [1.807, 2.05) is 0 Å². The molecule has 0 aromatic heterocycles. The van der Waals surface area contributed by atoms with Crippen molar-refractivity contribution in [3.05, 3.63) is 35.6 Å². The van der Waals surface area contributed by atoms with Gasteiger partial charge in [0.2, 0.25) is 0 Å². The van der Waals surface area contributed by atoms with Gasteiger partial charge in [0.15, 0.2) is 5.78 Å². The Morgan fingerprint density at radius 2 is 1.78 bits per heavy atom. The number of carbonyl (C=O) groups excluding carboxylic acids is 1. The molecule has 0 aliphatic heterocycles. The van der Waals surface area contributed by atoms with E-state index in [0.717, 1.165) is 19.4 Å². The Labute approximate surface area is 109 Å². The van der Waals surface area contributed by atoms with Crippen molar-refractivity contribution >= 4 is 5.78 Å². The van der Waals surface area contributed by atoms with E-state index in [1.54, 1.807) is 12.1 Å². The second-order valence-corrected chi connectivity index (χ2v) is 4.63. The quantitative estimate of drug-likeness (QED) is 0.691. The van der Waals surface area contributed by atoms with Crippen LogP contribution in [0.2, 0.25) is 0 Å². The Balaban J connectivity index is 2.48. The van der Waals surface area contributed by atoms with Crippen molar-refractivity contribution in [2.24, 2.45) is 0 Å². The average molecular weight is 251 g/mol. The lowest BCUT2D eigenvalue weighted by molar-refractivity contribution is 0.0958. The Hall–Kier alpha value is -1.22. The maximum atomic E-state index is 12.7. The molecule has 0 fully saturated rings. The molecule has 3 heteroatoms. The van der Waals surface area contributed by atoms with E-state index in [9.17, 15) is 9.18 Å². The molecule has 1 rings (SSSR count). The molecule has 2 nitrogen and oxygen atoms in total. The normalized spacial score (nSPS) is 11.2. The van der Waals surface area contributed by atoms with E-state index in [2.05, 4.69) is 25.8 Å². The third-order valence-electron chi connectivity index (χ3n) is 3.42. The van der Waals surface area contributed by atoms with Crippen LogP contribution in [0.1, 0.15) is 43.5 Å². The van der Waals surface area contributed by atoms with Crippen molar-refractivity contribution < 1.29 is 9.18 Å². The van der Waals surface area contributed by atoms with Gasteiger partial charge in [-0.15, -0.1) is 0 Å². The van der Waals surface area contributed by atoms with E-state index in [1.165, 1.54) is 12.1 Å². The first-order valence-corrected chi connectivity index (χ1v) is 6.57. The van der Waals surface area contributed by atoms with Crippen LogP contribution in [-0.4, -0.2) is 30.3 Å². The zero-order valence-electron chi connectivity index (χ0n) is 11.4. The van der Waals surface area contributed by atoms with Crippen LogP contribution < -0.4 is 0 Å². The Morgan fingerprint density at radius 3 is 2.28 bits per heavy atom. The van der Waals surface area contributed by atoms with Crippen LogP contribution in [0.15, 0.2) is 24.3 Å². The number of halogens is 1. The van der Waals surface area contributed by atoms with Gasteiger partial charge in [0.05, 0.1) is 0 Å². The second kappa shape index (κ2) is 7.27. The highest BCUT2D eigenvalue weighted by Gasteiger charge is 2.12. The molecule has 0 aliphatic carbocycles. The lowest BCUT2D eigenvalue weighted by Crippen LogP contribution is -2.32. The summed E-state index contributed by atoms with van der Waals surface area (Å²) >= 11 is 0. The van der Waals surface area contributed by atoms with Gasteiger partial charge in [0.25, 0.3) is 0 Å². The molecule has 0 radical (unpaired) electrons. The number of Topliss-reactive ketones (excluding diaryl/α,β-unsaturated/α-hetero) is 1. The molecule has 1 aromatic rings. The van der Waals surface area contributed by atoms with Crippen LogP contribution in [0.3, 0.4) is 0 Å². The molecular formula is C15H22FNO. The minimum Gasteiger partial charge on any atom is -0.303 e. The molecule has 0 atom stereocenters. The minimum absolute atomic E-state index is 0.0767. The highest BCUT2D eigenvalue weighted by molar-refractivity contribution is 5.96. The van der Waals surface area contributed by atoms with E-state index >= 15 is 0 Å². The van der Waals surface area contributed by atoms with Crippen LogP contribution in [0.25, 0.3) is 0 Å². The summed E-state index contributed by atoms with van der Waals surface area (Å²) in [6.45, 7) is 5.07. The summed E-state index contributed by atoms with van der Waals surface area (Å²) in [6.07, 6.45) is 2.67. The van der Waals surface area contributed by atoms with Gasteiger partial charge < -0.3 is 4.90 Å².